The Morgan fingerprint density at radius 2 is 1.80 bits per heavy atom. The Balaban J connectivity index is 1.48. The molecular weight excluding hydrogens is 391 g/mol. The molecule has 2 aliphatic heterocycles. The minimum atomic E-state index is -4.39. The maximum atomic E-state index is 13.3. The lowest BCUT2D eigenvalue weighted by molar-refractivity contribution is -0.137. The van der Waals surface area contributed by atoms with Gasteiger partial charge >= 0.3 is 6.18 Å². The summed E-state index contributed by atoms with van der Waals surface area (Å²) in [6, 6.07) is 14.2. The lowest BCUT2D eigenvalue weighted by Crippen LogP contribution is -2.61. The summed E-state index contributed by atoms with van der Waals surface area (Å²) in [4.78, 5) is 17.5. The summed E-state index contributed by atoms with van der Waals surface area (Å²) in [6.45, 7) is 2.11. The van der Waals surface area contributed by atoms with Crippen molar-refractivity contribution in [3.8, 4) is 0 Å². The Labute approximate surface area is 173 Å². The highest BCUT2D eigenvalue weighted by molar-refractivity contribution is 5.83. The van der Waals surface area contributed by atoms with Crippen molar-refractivity contribution in [3.05, 3.63) is 59.7 Å². The SMILES string of the molecule is O=C(NC1CC1)[C@@H]1Cc2cc(C(F)(F)F)ccc2N2CCN(c3ccccc3)C[C@@H]12. The van der Waals surface area contributed by atoms with Gasteiger partial charge in [-0.05, 0) is 55.2 Å². The third kappa shape index (κ3) is 3.61. The molecule has 1 saturated carbocycles. The van der Waals surface area contributed by atoms with Crippen LogP contribution in [0.2, 0.25) is 0 Å². The van der Waals surface area contributed by atoms with Crippen molar-refractivity contribution in [1.29, 1.82) is 0 Å². The standard InChI is InChI=1S/C23H24F3N3O/c24-23(25,26)16-6-9-20-15(12-16)13-19(22(30)27-17-7-8-17)21-14-28(10-11-29(20)21)18-4-2-1-3-5-18/h1-6,9,12,17,19,21H,7-8,10-11,13-14H2,(H,27,30)/t19-,21+/m1/s1. The highest BCUT2D eigenvalue weighted by Gasteiger charge is 2.43. The molecule has 4 nitrogen and oxygen atoms in total. The summed E-state index contributed by atoms with van der Waals surface area (Å²) in [5.41, 5.74) is 1.90. The van der Waals surface area contributed by atoms with Gasteiger partial charge in [-0.1, -0.05) is 18.2 Å². The maximum absolute atomic E-state index is 13.3. The van der Waals surface area contributed by atoms with Crippen molar-refractivity contribution in [1.82, 2.24) is 5.32 Å². The van der Waals surface area contributed by atoms with Crippen LogP contribution >= 0.6 is 0 Å². The van der Waals surface area contributed by atoms with Crippen LogP contribution in [0, 0.1) is 5.92 Å². The number of carbonyl (C=O) groups is 1. The second kappa shape index (κ2) is 7.22. The molecule has 2 atom stereocenters. The van der Waals surface area contributed by atoms with Crippen LogP contribution in [0.1, 0.15) is 24.0 Å². The van der Waals surface area contributed by atoms with Gasteiger partial charge in [0.15, 0.2) is 0 Å². The average molecular weight is 415 g/mol. The molecule has 7 heteroatoms. The van der Waals surface area contributed by atoms with Gasteiger partial charge in [0.25, 0.3) is 0 Å². The number of piperazine rings is 1. The molecule has 3 aliphatic rings. The molecule has 1 saturated heterocycles. The van der Waals surface area contributed by atoms with E-state index in [0.717, 1.165) is 36.8 Å². The molecule has 0 radical (unpaired) electrons. The molecule has 2 fully saturated rings. The van der Waals surface area contributed by atoms with E-state index in [-0.39, 0.29) is 23.9 Å². The molecule has 158 valence electrons. The molecule has 1 amide bonds. The molecule has 0 aromatic heterocycles. The molecule has 2 aromatic rings. The first kappa shape index (κ1) is 19.3. The molecule has 2 heterocycles. The topological polar surface area (TPSA) is 35.6 Å². The molecule has 0 spiro atoms. The highest BCUT2D eigenvalue weighted by atomic mass is 19.4. The van der Waals surface area contributed by atoms with Gasteiger partial charge in [0.05, 0.1) is 17.5 Å². The Morgan fingerprint density at radius 3 is 2.50 bits per heavy atom. The Kier molecular flexibility index (Phi) is 4.64. The van der Waals surface area contributed by atoms with E-state index in [2.05, 4.69) is 27.2 Å². The Hall–Kier alpha value is -2.70. The Morgan fingerprint density at radius 1 is 1.03 bits per heavy atom. The van der Waals surface area contributed by atoms with Crippen LogP contribution in [0.5, 0.6) is 0 Å². The van der Waals surface area contributed by atoms with Crippen molar-refractivity contribution in [2.45, 2.75) is 37.5 Å². The summed E-state index contributed by atoms with van der Waals surface area (Å²) < 4.78 is 39.8. The number of benzene rings is 2. The fourth-order valence-electron chi connectivity index (χ4n) is 4.71. The van der Waals surface area contributed by atoms with Crippen molar-refractivity contribution in [2.75, 3.05) is 29.4 Å². The molecule has 30 heavy (non-hydrogen) atoms. The number of hydrogen-bond acceptors (Lipinski definition) is 3. The van der Waals surface area contributed by atoms with Crippen LogP contribution in [0.3, 0.4) is 0 Å². The first-order valence-electron chi connectivity index (χ1n) is 10.5. The molecule has 1 N–H and O–H groups in total. The maximum Gasteiger partial charge on any atom is 0.416 e. The summed E-state index contributed by atoms with van der Waals surface area (Å²) in [6.07, 6.45) is -2.08. The molecule has 1 aliphatic carbocycles. The van der Waals surface area contributed by atoms with Gasteiger partial charge in [-0.2, -0.15) is 13.2 Å². The predicted molar refractivity (Wildman–Crippen MR) is 110 cm³/mol. The van der Waals surface area contributed by atoms with Crippen LogP contribution in [-0.4, -0.2) is 37.6 Å². The first-order chi connectivity index (χ1) is 14.4. The van der Waals surface area contributed by atoms with Crippen LogP contribution in [0.15, 0.2) is 48.5 Å². The predicted octanol–water partition coefficient (Wildman–Crippen LogP) is 3.85. The average Bonchev–Trinajstić information content (AvgIpc) is 3.56. The fourth-order valence-corrected chi connectivity index (χ4v) is 4.71. The quantitative estimate of drug-likeness (QED) is 0.827. The largest absolute Gasteiger partial charge is 0.416 e. The monoisotopic (exact) mass is 415 g/mol. The summed E-state index contributed by atoms with van der Waals surface area (Å²) in [5.74, 6) is -0.404. The van der Waals surface area contributed by atoms with Gasteiger partial charge < -0.3 is 15.1 Å². The third-order valence-corrected chi connectivity index (χ3v) is 6.42. The van der Waals surface area contributed by atoms with Gasteiger partial charge in [0, 0.05) is 37.1 Å². The molecule has 0 bridgehead atoms. The van der Waals surface area contributed by atoms with Crippen molar-refractivity contribution < 1.29 is 18.0 Å². The number of nitrogens with one attached hydrogen (secondary N) is 1. The van der Waals surface area contributed by atoms with E-state index < -0.39 is 11.7 Å². The van der Waals surface area contributed by atoms with Crippen LogP contribution in [0.25, 0.3) is 0 Å². The van der Waals surface area contributed by atoms with Gasteiger partial charge in [0.1, 0.15) is 0 Å². The van der Waals surface area contributed by atoms with E-state index in [4.69, 9.17) is 0 Å². The molecule has 0 unspecified atom stereocenters. The number of para-hydroxylation sites is 1. The molecule has 2 aromatic carbocycles. The van der Waals surface area contributed by atoms with Gasteiger partial charge in [0.2, 0.25) is 5.91 Å². The summed E-state index contributed by atoms with van der Waals surface area (Å²) >= 11 is 0. The first-order valence-corrected chi connectivity index (χ1v) is 10.5. The minimum absolute atomic E-state index is 0.0366. The van der Waals surface area contributed by atoms with E-state index in [1.165, 1.54) is 6.07 Å². The van der Waals surface area contributed by atoms with Gasteiger partial charge in [-0.3, -0.25) is 4.79 Å². The zero-order valence-electron chi connectivity index (χ0n) is 16.5. The van der Waals surface area contributed by atoms with Crippen LogP contribution in [0.4, 0.5) is 24.5 Å². The normalized spacial score (nSPS) is 23.6. The number of anilines is 2. The summed E-state index contributed by atoms with van der Waals surface area (Å²) in [5, 5.41) is 3.08. The zero-order chi connectivity index (χ0) is 20.9. The number of nitrogens with zero attached hydrogens (tertiary/aromatic N) is 2. The molecular formula is C23H24F3N3O. The van der Waals surface area contributed by atoms with Crippen LogP contribution in [-0.2, 0) is 17.4 Å². The van der Waals surface area contributed by atoms with E-state index >= 15 is 0 Å². The van der Waals surface area contributed by atoms with Gasteiger partial charge in [-0.15, -0.1) is 0 Å². The number of alkyl halides is 3. The number of rotatable bonds is 3. The van der Waals surface area contributed by atoms with Crippen molar-refractivity contribution >= 4 is 17.3 Å². The van der Waals surface area contributed by atoms with E-state index in [9.17, 15) is 18.0 Å². The van der Waals surface area contributed by atoms with E-state index in [1.807, 2.05) is 18.2 Å². The number of amides is 1. The third-order valence-electron chi connectivity index (χ3n) is 6.42. The van der Waals surface area contributed by atoms with Crippen molar-refractivity contribution in [2.24, 2.45) is 5.92 Å². The second-order valence-electron chi connectivity index (χ2n) is 8.48. The van der Waals surface area contributed by atoms with Crippen molar-refractivity contribution in [3.63, 3.8) is 0 Å². The lowest BCUT2D eigenvalue weighted by Gasteiger charge is -2.49. The fraction of sp³-hybridized carbons (Fsp3) is 0.435. The second-order valence-corrected chi connectivity index (χ2v) is 8.48. The van der Waals surface area contributed by atoms with Gasteiger partial charge in [-0.25, -0.2) is 0 Å². The van der Waals surface area contributed by atoms with E-state index in [0.29, 0.717) is 25.1 Å². The smallest absolute Gasteiger partial charge is 0.368 e. The van der Waals surface area contributed by atoms with E-state index in [1.54, 1.807) is 6.07 Å². The summed E-state index contributed by atoms with van der Waals surface area (Å²) in [7, 11) is 0. The highest BCUT2D eigenvalue weighted by Crippen LogP contribution is 2.40. The number of hydrogen-bond donors (Lipinski definition) is 1. The zero-order valence-corrected chi connectivity index (χ0v) is 16.5. The minimum Gasteiger partial charge on any atom is -0.368 e. The number of carbonyl (C=O) groups excluding carboxylic acids is 1. The number of halogens is 3. The number of fused-ring (bicyclic) bond motifs is 3. The van der Waals surface area contributed by atoms with Crippen LogP contribution < -0.4 is 15.1 Å². The lowest BCUT2D eigenvalue weighted by atomic mass is 9.82. The Bertz CT molecular complexity index is 942. The molecule has 5 rings (SSSR count).